The van der Waals surface area contributed by atoms with Gasteiger partial charge in [0.2, 0.25) is 0 Å². The van der Waals surface area contributed by atoms with Crippen molar-refractivity contribution in [2.24, 2.45) is 0 Å². The molecule has 152 valence electrons. The summed E-state index contributed by atoms with van der Waals surface area (Å²) in [6.07, 6.45) is 0. The molecule has 0 unspecified atom stereocenters. The van der Waals surface area contributed by atoms with Crippen molar-refractivity contribution in [3.63, 3.8) is 0 Å². The lowest BCUT2D eigenvalue weighted by molar-refractivity contribution is 0.0922. The third-order valence-corrected chi connectivity index (χ3v) is 4.82. The van der Waals surface area contributed by atoms with Gasteiger partial charge < -0.3 is 19.2 Å². The van der Waals surface area contributed by atoms with Crippen LogP contribution in [0.4, 0.5) is 0 Å². The minimum Gasteiger partial charge on any atom is -0.489 e. The smallest absolute Gasteiger partial charge is 0.287 e. The number of ether oxygens (including phenoxy) is 2. The van der Waals surface area contributed by atoms with E-state index in [1.54, 1.807) is 7.11 Å². The van der Waals surface area contributed by atoms with E-state index in [0.717, 1.165) is 27.8 Å². The zero-order chi connectivity index (χ0) is 20.8. The average Bonchev–Trinajstić information content (AvgIpc) is 3.17. The normalized spacial score (nSPS) is 10.8. The quantitative estimate of drug-likeness (QED) is 0.447. The van der Waals surface area contributed by atoms with Gasteiger partial charge in [-0.15, -0.1) is 0 Å². The summed E-state index contributed by atoms with van der Waals surface area (Å²) < 4.78 is 16.9. The average molecular weight is 401 g/mol. The largest absolute Gasteiger partial charge is 0.489 e. The first-order valence-electron chi connectivity index (χ1n) is 9.78. The minimum atomic E-state index is -0.265. The summed E-state index contributed by atoms with van der Waals surface area (Å²) in [6.45, 7) is 1.22. The molecule has 5 nitrogen and oxygen atoms in total. The van der Waals surface area contributed by atoms with Gasteiger partial charge in [0.05, 0.1) is 6.61 Å². The summed E-state index contributed by atoms with van der Waals surface area (Å²) in [6, 6.07) is 25.1. The fourth-order valence-electron chi connectivity index (χ4n) is 3.28. The lowest BCUT2D eigenvalue weighted by atomic mass is 10.1. The van der Waals surface area contributed by atoms with Crippen LogP contribution in [0.3, 0.4) is 0 Å². The lowest BCUT2D eigenvalue weighted by Crippen LogP contribution is -2.23. The Hall–Kier alpha value is -3.57. The number of furan rings is 1. The Bertz CT molecular complexity index is 1120. The molecule has 5 heteroatoms. The number of nitrogens with one attached hydrogen (secondary N) is 1. The number of carbonyl (C=O) groups excluding carboxylic acids is 1. The molecule has 0 bridgehead atoms. The molecule has 30 heavy (non-hydrogen) atoms. The molecule has 0 spiro atoms. The van der Waals surface area contributed by atoms with Gasteiger partial charge in [-0.25, -0.2) is 0 Å². The highest BCUT2D eigenvalue weighted by molar-refractivity contribution is 5.99. The molecule has 4 aromatic rings. The van der Waals surface area contributed by atoms with E-state index >= 15 is 0 Å². The summed E-state index contributed by atoms with van der Waals surface area (Å²) >= 11 is 0. The topological polar surface area (TPSA) is 60.7 Å². The van der Waals surface area contributed by atoms with Crippen LogP contribution >= 0.6 is 0 Å². The zero-order valence-corrected chi connectivity index (χ0v) is 16.8. The molecule has 0 saturated carbocycles. The van der Waals surface area contributed by atoms with Gasteiger partial charge in [-0.3, -0.25) is 4.79 Å². The molecule has 0 saturated heterocycles. The van der Waals surface area contributed by atoms with Crippen molar-refractivity contribution in [2.75, 3.05) is 7.11 Å². The van der Waals surface area contributed by atoms with Crippen molar-refractivity contribution < 1.29 is 18.7 Å². The maximum absolute atomic E-state index is 12.9. The van der Waals surface area contributed by atoms with Crippen LogP contribution in [0.1, 0.15) is 27.2 Å². The number of hydrogen-bond acceptors (Lipinski definition) is 4. The second kappa shape index (κ2) is 9.29. The summed E-state index contributed by atoms with van der Waals surface area (Å²) in [4.78, 5) is 12.9. The third-order valence-electron chi connectivity index (χ3n) is 4.82. The van der Waals surface area contributed by atoms with Gasteiger partial charge in [-0.2, -0.15) is 0 Å². The number of benzene rings is 3. The first kappa shape index (κ1) is 19.7. The number of fused-ring (bicyclic) bond motifs is 1. The van der Waals surface area contributed by atoms with Gasteiger partial charge in [0, 0.05) is 24.6 Å². The van der Waals surface area contributed by atoms with Crippen molar-refractivity contribution in [1.82, 2.24) is 5.32 Å². The molecule has 0 radical (unpaired) electrons. The van der Waals surface area contributed by atoms with E-state index < -0.39 is 0 Å². The molecule has 4 rings (SSSR count). The minimum absolute atomic E-state index is 0.246. The molecule has 1 heterocycles. The number of hydrogen-bond donors (Lipinski definition) is 1. The summed E-state index contributed by atoms with van der Waals surface area (Å²) in [5.41, 5.74) is 3.49. The van der Waals surface area contributed by atoms with Gasteiger partial charge in [-0.05, 0) is 29.3 Å². The van der Waals surface area contributed by atoms with Gasteiger partial charge in [-0.1, -0.05) is 60.7 Å². The van der Waals surface area contributed by atoms with Crippen molar-refractivity contribution in [1.29, 1.82) is 0 Å². The molecule has 0 aliphatic rings. The fraction of sp³-hybridized carbons (Fsp3) is 0.160. The number of amides is 1. The SMILES string of the molecule is COCc1ccc(CNC(=O)c2oc3ccccc3c2COc2ccccc2)cc1. The van der Waals surface area contributed by atoms with E-state index in [0.29, 0.717) is 18.7 Å². The first-order valence-corrected chi connectivity index (χ1v) is 9.78. The van der Waals surface area contributed by atoms with Gasteiger partial charge in [0.15, 0.2) is 5.76 Å². The molecule has 0 aliphatic carbocycles. The first-order chi connectivity index (χ1) is 14.7. The third kappa shape index (κ3) is 4.53. The van der Waals surface area contributed by atoms with E-state index in [1.807, 2.05) is 78.9 Å². The zero-order valence-electron chi connectivity index (χ0n) is 16.8. The van der Waals surface area contributed by atoms with Crippen molar-refractivity contribution >= 4 is 16.9 Å². The maximum Gasteiger partial charge on any atom is 0.287 e. The molecular formula is C25H23NO4. The highest BCUT2D eigenvalue weighted by Crippen LogP contribution is 2.27. The molecule has 0 fully saturated rings. The van der Waals surface area contributed by atoms with Crippen LogP contribution < -0.4 is 10.1 Å². The van der Waals surface area contributed by atoms with E-state index in [9.17, 15) is 4.79 Å². The molecule has 0 atom stereocenters. The second-order valence-corrected chi connectivity index (χ2v) is 6.94. The number of carbonyl (C=O) groups is 1. The maximum atomic E-state index is 12.9. The van der Waals surface area contributed by atoms with E-state index in [4.69, 9.17) is 13.9 Å². The lowest BCUT2D eigenvalue weighted by Gasteiger charge is -2.08. The van der Waals surface area contributed by atoms with E-state index in [-0.39, 0.29) is 18.3 Å². The Morgan fingerprint density at radius 3 is 2.33 bits per heavy atom. The van der Waals surface area contributed by atoms with Gasteiger partial charge >= 0.3 is 0 Å². The van der Waals surface area contributed by atoms with Crippen molar-refractivity contribution in [3.05, 3.63) is 101 Å². The highest BCUT2D eigenvalue weighted by atomic mass is 16.5. The molecule has 1 N–H and O–H groups in total. The predicted octanol–water partition coefficient (Wildman–Crippen LogP) is 5.09. The van der Waals surface area contributed by atoms with Crippen LogP contribution in [0.25, 0.3) is 11.0 Å². The monoisotopic (exact) mass is 401 g/mol. The van der Waals surface area contributed by atoms with Crippen LogP contribution in [-0.4, -0.2) is 13.0 Å². The summed E-state index contributed by atoms with van der Waals surface area (Å²) in [5, 5.41) is 3.82. The van der Waals surface area contributed by atoms with Crippen LogP contribution in [0.2, 0.25) is 0 Å². The van der Waals surface area contributed by atoms with Crippen molar-refractivity contribution in [2.45, 2.75) is 19.8 Å². The number of para-hydroxylation sites is 2. The Labute approximate surface area is 175 Å². The summed E-state index contributed by atoms with van der Waals surface area (Å²) in [5.74, 6) is 0.757. The standard InChI is InChI=1S/C25H23NO4/c1-28-16-19-13-11-18(12-14-19)15-26-25(27)24-22(17-29-20-7-3-2-4-8-20)21-9-5-6-10-23(21)30-24/h2-14H,15-17H2,1H3,(H,26,27). The van der Waals surface area contributed by atoms with Crippen molar-refractivity contribution in [3.8, 4) is 5.75 Å². The number of methoxy groups -OCH3 is 1. The fourth-order valence-corrected chi connectivity index (χ4v) is 3.28. The van der Waals surface area contributed by atoms with Crippen LogP contribution in [0.5, 0.6) is 5.75 Å². The van der Waals surface area contributed by atoms with E-state index in [2.05, 4.69) is 5.32 Å². The molecule has 0 aliphatic heterocycles. The Morgan fingerprint density at radius 2 is 1.57 bits per heavy atom. The molecule has 1 amide bonds. The summed E-state index contributed by atoms with van der Waals surface area (Å²) in [7, 11) is 1.67. The van der Waals surface area contributed by atoms with Crippen LogP contribution in [0, 0.1) is 0 Å². The van der Waals surface area contributed by atoms with Crippen LogP contribution in [0.15, 0.2) is 83.3 Å². The van der Waals surface area contributed by atoms with Gasteiger partial charge in [0.25, 0.3) is 5.91 Å². The van der Waals surface area contributed by atoms with Gasteiger partial charge in [0.1, 0.15) is 17.9 Å². The molecule has 1 aromatic heterocycles. The Balaban J connectivity index is 1.51. The highest BCUT2D eigenvalue weighted by Gasteiger charge is 2.21. The molecular weight excluding hydrogens is 378 g/mol. The van der Waals surface area contributed by atoms with E-state index in [1.165, 1.54) is 0 Å². The molecule has 3 aromatic carbocycles. The number of rotatable bonds is 8. The Kier molecular flexibility index (Phi) is 6.11. The Morgan fingerprint density at radius 1 is 0.867 bits per heavy atom. The predicted molar refractivity (Wildman–Crippen MR) is 115 cm³/mol. The second-order valence-electron chi connectivity index (χ2n) is 6.94. The van der Waals surface area contributed by atoms with Crippen LogP contribution in [-0.2, 0) is 24.5 Å².